The Balaban J connectivity index is 1.51. The number of likely N-dealkylation sites (tertiary alicyclic amines) is 1. The van der Waals surface area contributed by atoms with Gasteiger partial charge in [-0.2, -0.15) is 0 Å². The number of nitrogens with zero attached hydrogens (tertiary/aromatic N) is 1. The number of fused-ring (bicyclic) bond motifs is 1. The van der Waals surface area contributed by atoms with Crippen LogP contribution in [0.3, 0.4) is 0 Å². The number of hydrogen-bond acceptors (Lipinski definition) is 3. The lowest BCUT2D eigenvalue weighted by Crippen LogP contribution is -2.37. The minimum absolute atomic E-state index is 0.00118. The van der Waals surface area contributed by atoms with Crippen LogP contribution in [0.25, 0.3) is 0 Å². The smallest absolute Gasteiger partial charge is 0.261 e. The third-order valence-electron chi connectivity index (χ3n) is 5.92. The average Bonchev–Trinajstić information content (AvgIpc) is 3.23. The van der Waals surface area contributed by atoms with E-state index < -0.39 is 0 Å². The van der Waals surface area contributed by atoms with Gasteiger partial charge in [0.05, 0.1) is 6.04 Å². The summed E-state index contributed by atoms with van der Waals surface area (Å²) < 4.78 is 19.6. The molecule has 0 aliphatic carbocycles. The van der Waals surface area contributed by atoms with E-state index in [-0.39, 0.29) is 24.4 Å². The topological polar surface area (TPSA) is 41.6 Å². The van der Waals surface area contributed by atoms with E-state index in [1.807, 2.05) is 43.0 Å². The average molecular weight is 368 g/mol. The molecule has 0 aromatic heterocycles. The molecule has 1 N–H and O–H groups in total. The number of rotatable bonds is 4. The Bertz CT molecular complexity index is 854. The zero-order valence-electron chi connectivity index (χ0n) is 15.7. The van der Waals surface area contributed by atoms with Gasteiger partial charge in [0.2, 0.25) is 0 Å². The Morgan fingerprint density at radius 2 is 2.04 bits per heavy atom. The summed E-state index contributed by atoms with van der Waals surface area (Å²) in [5.74, 6) is 1.12. The first kappa shape index (κ1) is 18.0. The predicted molar refractivity (Wildman–Crippen MR) is 102 cm³/mol. The molecule has 0 saturated carbocycles. The van der Waals surface area contributed by atoms with Gasteiger partial charge in [-0.3, -0.25) is 4.79 Å². The first-order valence-corrected chi connectivity index (χ1v) is 9.48. The zero-order valence-corrected chi connectivity index (χ0v) is 15.7. The number of carbonyl (C=O) groups is 1. The summed E-state index contributed by atoms with van der Waals surface area (Å²) in [5, 5.41) is 3.40. The van der Waals surface area contributed by atoms with E-state index in [4.69, 9.17) is 4.74 Å². The molecule has 5 heteroatoms. The van der Waals surface area contributed by atoms with Crippen LogP contribution in [0, 0.1) is 31.5 Å². The molecule has 0 radical (unpaired) electrons. The van der Waals surface area contributed by atoms with Gasteiger partial charge in [-0.1, -0.05) is 18.2 Å². The lowest BCUT2D eigenvalue weighted by atomic mass is 9.89. The molecule has 2 aliphatic heterocycles. The molecule has 2 aliphatic rings. The summed E-state index contributed by atoms with van der Waals surface area (Å²) >= 11 is 0. The molecule has 0 spiro atoms. The Labute approximate surface area is 159 Å². The summed E-state index contributed by atoms with van der Waals surface area (Å²) in [5.41, 5.74) is 3.20. The molecule has 2 heterocycles. The third kappa shape index (κ3) is 3.56. The number of ether oxygens (including phenoxy) is 1. The van der Waals surface area contributed by atoms with Crippen molar-refractivity contribution < 1.29 is 13.9 Å². The molecule has 4 rings (SSSR count). The van der Waals surface area contributed by atoms with Gasteiger partial charge >= 0.3 is 0 Å². The van der Waals surface area contributed by atoms with E-state index in [1.54, 1.807) is 12.1 Å². The molecule has 0 unspecified atom stereocenters. The highest BCUT2D eigenvalue weighted by Crippen LogP contribution is 2.42. The van der Waals surface area contributed by atoms with Crippen molar-refractivity contribution in [2.75, 3.05) is 26.2 Å². The van der Waals surface area contributed by atoms with Crippen molar-refractivity contribution in [3.05, 3.63) is 65.0 Å². The monoisotopic (exact) mass is 368 g/mol. The van der Waals surface area contributed by atoms with Crippen molar-refractivity contribution in [1.82, 2.24) is 10.2 Å². The summed E-state index contributed by atoms with van der Waals surface area (Å²) in [6.45, 7) is 6.52. The second kappa shape index (κ2) is 7.31. The maximum Gasteiger partial charge on any atom is 0.261 e. The van der Waals surface area contributed by atoms with Gasteiger partial charge in [0.1, 0.15) is 11.6 Å². The molecular weight excluding hydrogens is 343 g/mol. The van der Waals surface area contributed by atoms with Crippen LogP contribution in [-0.4, -0.2) is 37.0 Å². The van der Waals surface area contributed by atoms with Crippen LogP contribution < -0.4 is 10.1 Å². The van der Waals surface area contributed by atoms with Gasteiger partial charge in [0.25, 0.3) is 5.91 Å². The van der Waals surface area contributed by atoms with Crippen molar-refractivity contribution >= 4 is 5.91 Å². The Kier molecular flexibility index (Phi) is 4.87. The van der Waals surface area contributed by atoms with Crippen molar-refractivity contribution in [2.24, 2.45) is 11.8 Å². The molecule has 3 atom stereocenters. The largest absolute Gasteiger partial charge is 0.484 e. The molecule has 2 aromatic carbocycles. The minimum Gasteiger partial charge on any atom is -0.484 e. The maximum atomic E-state index is 13.8. The van der Waals surface area contributed by atoms with Crippen LogP contribution in [-0.2, 0) is 4.79 Å². The van der Waals surface area contributed by atoms with E-state index >= 15 is 0 Å². The molecular formula is C22H25FN2O2. The third-order valence-corrected chi connectivity index (χ3v) is 5.92. The number of halogens is 1. The van der Waals surface area contributed by atoms with Gasteiger partial charge in [-0.15, -0.1) is 0 Å². The van der Waals surface area contributed by atoms with Crippen molar-refractivity contribution in [3.63, 3.8) is 0 Å². The highest BCUT2D eigenvalue weighted by atomic mass is 19.1. The number of hydrogen-bond donors (Lipinski definition) is 1. The predicted octanol–water partition coefficient (Wildman–Crippen LogP) is 3.24. The maximum absolute atomic E-state index is 13.8. The SMILES string of the molecule is Cc1ccc(OCC(=O)N2C[C@@H]3CNC[C@@H]3[C@H]2c2cccc(F)c2)cc1C. The number of nitrogens with one attached hydrogen (secondary N) is 1. The molecule has 0 bridgehead atoms. The fourth-order valence-electron chi connectivity index (χ4n) is 4.33. The van der Waals surface area contributed by atoms with Gasteiger partial charge in [-0.05, 0) is 60.7 Å². The highest BCUT2D eigenvalue weighted by molar-refractivity contribution is 5.79. The zero-order chi connectivity index (χ0) is 19.0. The summed E-state index contributed by atoms with van der Waals surface area (Å²) in [7, 11) is 0. The molecule has 1 amide bonds. The molecule has 2 saturated heterocycles. The summed E-state index contributed by atoms with van der Waals surface area (Å²) in [6, 6.07) is 12.4. The number of amides is 1. The van der Waals surface area contributed by atoms with Crippen LogP contribution in [0.1, 0.15) is 22.7 Å². The van der Waals surface area contributed by atoms with Crippen molar-refractivity contribution in [1.29, 1.82) is 0 Å². The van der Waals surface area contributed by atoms with E-state index in [2.05, 4.69) is 5.32 Å². The first-order valence-electron chi connectivity index (χ1n) is 9.48. The Morgan fingerprint density at radius 1 is 1.19 bits per heavy atom. The van der Waals surface area contributed by atoms with Gasteiger partial charge in [-0.25, -0.2) is 4.39 Å². The van der Waals surface area contributed by atoms with Crippen molar-refractivity contribution in [2.45, 2.75) is 19.9 Å². The molecule has 27 heavy (non-hydrogen) atoms. The lowest BCUT2D eigenvalue weighted by Gasteiger charge is -2.28. The van der Waals surface area contributed by atoms with E-state index in [9.17, 15) is 9.18 Å². The van der Waals surface area contributed by atoms with Gasteiger partial charge in [0.15, 0.2) is 6.61 Å². The summed E-state index contributed by atoms with van der Waals surface area (Å²) in [6.07, 6.45) is 0. The van der Waals surface area contributed by atoms with Crippen LogP contribution in [0.5, 0.6) is 5.75 Å². The van der Waals surface area contributed by atoms with E-state index in [0.717, 1.165) is 24.2 Å². The fraction of sp³-hybridized carbons (Fsp3) is 0.409. The number of benzene rings is 2. The molecule has 142 valence electrons. The van der Waals surface area contributed by atoms with Gasteiger partial charge < -0.3 is 15.0 Å². The lowest BCUT2D eigenvalue weighted by molar-refractivity contribution is -0.134. The second-order valence-electron chi connectivity index (χ2n) is 7.66. The quantitative estimate of drug-likeness (QED) is 0.901. The van der Waals surface area contributed by atoms with E-state index in [0.29, 0.717) is 24.1 Å². The molecule has 2 aromatic rings. The Hall–Kier alpha value is -2.40. The van der Waals surface area contributed by atoms with Crippen LogP contribution >= 0.6 is 0 Å². The fourth-order valence-corrected chi connectivity index (χ4v) is 4.33. The summed E-state index contributed by atoms with van der Waals surface area (Å²) in [4.78, 5) is 14.8. The molecule has 2 fully saturated rings. The van der Waals surface area contributed by atoms with E-state index in [1.165, 1.54) is 11.6 Å². The molecule has 4 nitrogen and oxygen atoms in total. The van der Waals surface area contributed by atoms with Crippen LogP contribution in [0.15, 0.2) is 42.5 Å². The normalized spacial score (nSPS) is 24.1. The Morgan fingerprint density at radius 3 is 2.81 bits per heavy atom. The van der Waals surface area contributed by atoms with Crippen LogP contribution in [0.2, 0.25) is 0 Å². The standard InChI is InChI=1S/C22H25FN2O2/c1-14-6-7-19(8-15(14)2)27-13-21(26)25-12-17-10-24-11-20(17)22(25)16-4-3-5-18(23)9-16/h3-9,17,20,22,24H,10-13H2,1-2H3/t17-,20-,22+/m0/s1. The highest BCUT2D eigenvalue weighted by Gasteiger charge is 2.46. The second-order valence-corrected chi connectivity index (χ2v) is 7.66. The minimum atomic E-state index is -0.263. The van der Waals surface area contributed by atoms with Crippen LogP contribution in [0.4, 0.5) is 4.39 Å². The van der Waals surface area contributed by atoms with Gasteiger partial charge in [0, 0.05) is 25.6 Å². The number of aryl methyl sites for hydroxylation is 2. The van der Waals surface area contributed by atoms with Crippen molar-refractivity contribution in [3.8, 4) is 5.75 Å². The number of carbonyl (C=O) groups excluding carboxylic acids is 1. The first-order chi connectivity index (χ1) is 13.0.